The van der Waals surface area contributed by atoms with Crippen molar-refractivity contribution in [3.63, 3.8) is 0 Å². The summed E-state index contributed by atoms with van der Waals surface area (Å²) in [7, 11) is 1.61. The Morgan fingerprint density at radius 1 is 1.29 bits per heavy atom. The fraction of sp³-hybridized carbons (Fsp3) is 0.333. The van der Waals surface area contributed by atoms with Gasteiger partial charge >= 0.3 is 0 Å². The highest BCUT2D eigenvalue weighted by Gasteiger charge is 2.02. The first-order chi connectivity index (χ1) is 9.71. The Morgan fingerprint density at radius 3 is 2.48 bits per heavy atom. The third-order valence-corrected chi connectivity index (χ3v) is 2.57. The van der Waals surface area contributed by atoms with Crippen LogP contribution in [-0.2, 0) is 6.54 Å². The van der Waals surface area contributed by atoms with Crippen LogP contribution in [0.1, 0.15) is 22.8 Å². The number of guanidine groups is 1. The molecule has 0 aromatic heterocycles. The number of hydrogen-bond acceptors (Lipinski definition) is 2. The van der Waals surface area contributed by atoms with Gasteiger partial charge < -0.3 is 16.0 Å². The summed E-state index contributed by atoms with van der Waals surface area (Å²) in [5.41, 5.74) is 1.66. The highest BCUT2D eigenvalue weighted by Crippen LogP contribution is 2.05. The lowest BCUT2D eigenvalue weighted by Crippen LogP contribution is -2.37. The lowest BCUT2D eigenvalue weighted by molar-refractivity contribution is 0.0963. The highest BCUT2D eigenvalue weighted by atomic mass is 127. The fourth-order valence-corrected chi connectivity index (χ4v) is 1.55. The van der Waals surface area contributed by atoms with Gasteiger partial charge in [-0.3, -0.25) is 4.79 Å². The second-order valence-electron chi connectivity index (χ2n) is 4.03. The summed E-state index contributed by atoms with van der Waals surface area (Å²) < 4.78 is 0. The number of rotatable bonds is 5. The van der Waals surface area contributed by atoms with Gasteiger partial charge in [0.05, 0.1) is 13.1 Å². The molecule has 1 amide bonds. The van der Waals surface area contributed by atoms with Crippen LogP contribution in [0.25, 0.3) is 0 Å². The van der Waals surface area contributed by atoms with Crippen LogP contribution >= 0.6 is 24.0 Å². The smallest absolute Gasteiger partial charge is 0.251 e. The van der Waals surface area contributed by atoms with E-state index in [0.717, 1.165) is 12.1 Å². The Bertz CT molecular complexity index is 505. The molecule has 0 atom stereocenters. The number of halogens is 1. The summed E-state index contributed by atoms with van der Waals surface area (Å²) in [6.45, 7) is 3.71. The Balaban J connectivity index is 0.00000400. The van der Waals surface area contributed by atoms with Crippen molar-refractivity contribution in [3.8, 4) is 12.3 Å². The first-order valence-electron chi connectivity index (χ1n) is 6.48. The van der Waals surface area contributed by atoms with E-state index in [0.29, 0.717) is 24.6 Å². The molecule has 0 bridgehead atoms. The molecule has 0 spiro atoms. The van der Waals surface area contributed by atoms with Gasteiger partial charge in [0.25, 0.3) is 5.91 Å². The van der Waals surface area contributed by atoms with Crippen molar-refractivity contribution in [1.29, 1.82) is 0 Å². The molecule has 0 saturated carbocycles. The second kappa shape index (κ2) is 11.0. The Kier molecular flexibility index (Phi) is 10.1. The number of hydrogen-bond donors (Lipinski definition) is 3. The van der Waals surface area contributed by atoms with Crippen molar-refractivity contribution < 1.29 is 4.79 Å². The molecule has 0 saturated heterocycles. The van der Waals surface area contributed by atoms with Gasteiger partial charge in [-0.1, -0.05) is 18.1 Å². The van der Waals surface area contributed by atoms with Crippen LogP contribution in [0.2, 0.25) is 0 Å². The molecular formula is C15H21IN4O. The zero-order valence-electron chi connectivity index (χ0n) is 12.3. The minimum atomic E-state index is -0.0934. The number of terminal acetylenes is 1. The molecule has 0 heterocycles. The molecular weight excluding hydrogens is 379 g/mol. The Morgan fingerprint density at radius 2 is 1.95 bits per heavy atom. The van der Waals surface area contributed by atoms with Gasteiger partial charge in [-0.2, -0.15) is 0 Å². The van der Waals surface area contributed by atoms with Crippen molar-refractivity contribution in [1.82, 2.24) is 16.0 Å². The standard InChI is InChI=1S/C15H20N4O.HI/c1-4-10-18-15(17-5-2)19-11-12-6-8-13(9-7-12)14(20)16-3;/h1,6-9H,5,10-11H2,2-3H3,(H,16,20)(H2,17,18,19);1H. The normalized spacial score (nSPS) is 10.0. The second-order valence-corrected chi connectivity index (χ2v) is 4.03. The lowest BCUT2D eigenvalue weighted by Gasteiger charge is -2.08. The molecule has 0 aliphatic heterocycles. The SMILES string of the molecule is C#CCNC(=NCc1ccc(C(=O)NC)cc1)NCC.I. The van der Waals surface area contributed by atoms with Crippen molar-refractivity contribution in [2.45, 2.75) is 13.5 Å². The van der Waals surface area contributed by atoms with Crippen LogP contribution < -0.4 is 16.0 Å². The van der Waals surface area contributed by atoms with Crippen LogP contribution in [0.4, 0.5) is 0 Å². The quantitative estimate of drug-likeness (QED) is 0.303. The maximum absolute atomic E-state index is 11.4. The third kappa shape index (κ3) is 6.99. The fourth-order valence-electron chi connectivity index (χ4n) is 1.55. The van der Waals surface area contributed by atoms with Crippen molar-refractivity contribution in [2.75, 3.05) is 20.1 Å². The topological polar surface area (TPSA) is 65.5 Å². The molecule has 21 heavy (non-hydrogen) atoms. The summed E-state index contributed by atoms with van der Waals surface area (Å²) in [5.74, 6) is 3.09. The zero-order chi connectivity index (χ0) is 14.8. The van der Waals surface area contributed by atoms with Gasteiger partial charge in [0.15, 0.2) is 5.96 Å². The molecule has 6 heteroatoms. The molecule has 1 rings (SSSR count). The molecule has 3 N–H and O–H groups in total. The maximum Gasteiger partial charge on any atom is 0.251 e. The first-order valence-corrected chi connectivity index (χ1v) is 6.48. The number of benzene rings is 1. The Hall–Kier alpha value is -1.75. The largest absolute Gasteiger partial charge is 0.357 e. The maximum atomic E-state index is 11.4. The number of nitrogens with zero attached hydrogens (tertiary/aromatic N) is 1. The minimum Gasteiger partial charge on any atom is -0.357 e. The lowest BCUT2D eigenvalue weighted by atomic mass is 10.1. The summed E-state index contributed by atoms with van der Waals surface area (Å²) in [6.07, 6.45) is 5.21. The van der Waals surface area contributed by atoms with E-state index >= 15 is 0 Å². The highest BCUT2D eigenvalue weighted by molar-refractivity contribution is 14.0. The summed E-state index contributed by atoms with van der Waals surface area (Å²) in [4.78, 5) is 15.8. The molecule has 1 aromatic carbocycles. The predicted octanol–water partition coefficient (Wildman–Crippen LogP) is 1.35. The van der Waals surface area contributed by atoms with Crippen LogP contribution in [0.5, 0.6) is 0 Å². The molecule has 0 aliphatic rings. The van der Waals surface area contributed by atoms with E-state index in [2.05, 4.69) is 26.9 Å². The number of carbonyl (C=O) groups excluding carboxylic acids is 1. The number of nitrogens with one attached hydrogen (secondary N) is 3. The molecule has 0 unspecified atom stereocenters. The van der Waals surface area contributed by atoms with E-state index in [-0.39, 0.29) is 29.9 Å². The average molecular weight is 400 g/mol. The van der Waals surface area contributed by atoms with Crippen LogP contribution in [0, 0.1) is 12.3 Å². The number of amides is 1. The van der Waals surface area contributed by atoms with Crippen LogP contribution in [0.15, 0.2) is 29.3 Å². The molecule has 0 radical (unpaired) electrons. The summed E-state index contributed by atoms with van der Waals surface area (Å²) in [5, 5.41) is 8.71. The van der Waals surface area contributed by atoms with Crippen molar-refractivity contribution in [3.05, 3.63) is 35.4 Å². The van der Waals surface area contributed by atoms with E-state index < -0.39 is 0 Å². The van der Waals surface area contributed by atoms with E-state index in [9.17, 15) is 4.79 Å². The van der Waals surface area contributed by atoms with E-state index in [1.165, 1.54) is 0 Å². The molecule has 0 fully saturated rings. The minimum absolute atomic E-state index is 0. The number of aliphatic imine (C=N–C) groups is 1. The van der Waals surface area contributed by atoms with E-state index in [1.54, 1.807) is 19.2 Å². The van der Waals surface area contributed by atoms with Crippen LogP contribution in [-0.4, -0.2) is 32.0 Å². The Labute approximate surface area is 143 Å². The third-order valence-electron chi connectivity index (χ3n) is 2.57. The molecule has 5 nitrogen and oxygen atoms in total. The van der Waals surface area contributed by atoms with Gasteiger partial charge in [-0.15, -0.1) is 30.4 Å². The molecule has 114 valence electrons. The number of carbonyl (C=O) groups is 1. The van der Waals surface area contributed by atoms with Gasteiger partial charge in [0, 0.05) is 19.2 Å². The first kappa shape index (κ1) is 19.2. The van der Waals surface area contributed by atoms with Gasteiger partial charge in [-0.25, -0.2) is 4.99 Å². The van der Waals surface area contributed by atoms with Gasteiger partial charge in [0.1, 0.15) is 0 Å². The van der Waals surface area contributed by atoms with Gasteiger partial charge in [-0.05, 0) is 24.6 Å². The summed E-state index contributed by atoms with van der Waals surface area (Å²) >= 11 is 0. The van der Waals surface area contributed by atoms with Crippen LogP contribution in [0.3, 0.4) is 0 Å². The predicted molar refractivity (Wildman–Crippen MR) is 96.9 cm³/mol. The summed E-state index contributed by atoms with van der Waals surface area (Å²) in [6, 6.07) is 7.34. The molecule has 0 aliphatic carbocycles. The van der Waals surface area contributed by atoms with Gasteiger partial charge in [0.2, 0.25) is 0 Å². The van der Waals surface area contributed by atoms with E-state index in [4.69, 9.17) is 6.42 Å². The van der Waals surface area contributed by atoms with Crippen molar-refractivity contribution in [2.24, 2.45) is 4.99 Å². The monoisotopic (exact) mass is 400 g/mol. The van der Waals surface area contributed by atoms with E-state index in [1.807, 2.05) is 19.1 Å². The van der Waals surface area contributed by atoms with Crippen molar-refractivity contribution >= 4 is 35.8 Å². The average Bonchev–Trinajstić information content (AvgIpc) is 2.49. The zero-order valence-corrected chi connectivity index (χ0v) is 14.6. The molecule has 1 aromatic rings.